The number of thioether (sulfide) groups is 1. The maximum Gasteiger partial charge on any atom is 0.416 e. The molecule has 2 atom stereocenters. The van der Waals surface area contributed by atoms with Crippen molar-refractivity contribution >= 4 is 11.8 Å². The molecule has 17 heavy (non-hydrogen) atoms. The molecular weight excluding hydrogens is 247 g/mol. The second kappa shape index (κ2) is 4.90. The predicted octanol–water partition coefficient (Wildman–Crippen LogP) is 3.68. The molecule has 0 spiro atoms. The van der Waals surface area contributed by atoms with Gasteiger partial charge in [-0.3, -0.25) is 0 Å². The molecule has 1 aliphatic heterocycles. The molecule has 0 amide bonds. The zero-order valence-corrected chi connectivity index (χ0v) is 10.2. The van der Waals surface area contributed by atoms with Crippen LogP contribution in [0, 0.1) is 5.92 Å². The SMILES string of the molecule is CC1CNC(c2ccc(C(F)(F)F)cc2)SC1. The van der Waals surface area contributed by atoms with Crippen molar-refractivity contribution < 1.29 is 13.2 Å². The maximum absolute atomic E-state index is 12.4. The largest absolute Gasteiger partial charge is 0.416 e. The maximum atomic E-state index is 12.4. The Morgan fingerprint density at radius 1 is 1.24 bits per heavy atom. The van der Waals surface area contributed by atoms with E-state index in [9.17, 15) is 13.2 Å². The van der Waals surface area contributed by atoms with E-state index in [-0.39, 0.29) is 5.37 Å². The highest BCUT2D eigenvalue weighted by Crippen LogP contribution is 2.34. The first-order chi connectivity index (χ1) is 7.97. The first-order valence-electron chi connectivity index (χ1n) is 5.49. The van der Waals surface area contributed by atoms with Crippen LogP contribution in [0.15, 0.2) is 24.3 Å². The Kier molecular flexibility index (Phi) is 3.68. The fourth-order valence-electron chi connectivity index (χ4n) is 1.75. The molecule has 5 heteroatoms. The summed E-state index contributed by atoms with van der Waals surface area (Å²) in [5.74, 6) is 1.66. The van der Waals surface area contributed by atoms with Crippen molar-refractivity contribution in [1.29, 1.82) is 0 Å². The number of alkyl halides is 3. The highest BCUT2D eigenvalue weighted by molar-refractivity contribution is 7.99. The molecule has 0 radical (unpaired) electrons. The van der Waals surface area contributed by atoms with Crippen LogP contribution in [0.2, 0.25) is 0 Å². The lowest BCUT2D eigenvalue weighted by Gasteiger charge is -2.27. The van der Waals surface area contributed by atoms with Gasteiger partial charge in [0.2, 0.25) is 0 Å². The molecular formula is C12H14F3NS. The third-order valence-corrected chi connectivity index (χ3v) is 4.27. The minimum absolute atomic E-state index is 0.119. The van der Waals surface area contributed by atoms with Crippen molar-refractivity contribution in [1.82, 2.24) is 5.32 Å². The van der Waals surface area contributed by atoms with Crippen LogP contribution in [0.1, 0.15) is 23.4 Å². The van der Waals surface area contributed by atoms with Gasteiger partial charge in [0.25, 0.3) is 0 Å². The minimum atomic E-state index is -4.25. The summed E-state index contributed by atoms with van der Waals surface area (Å²) in [6.07, 6.45) is -4.25. The molecule has 1 saturated heterocycles. The van der Waals surface area contributed by atoms with E-state index in [4.69, 9.17) is 0 Å². The average molecular weight is 261 g/mol. The van der Waals surface area contributed by atoms with E-state index in [0.717, 1.165) is 30.0 Å². The van der Waals surface area contributed by atoms with Crippen molar-refractivity contribution in [2.24, 2.45) is 5.92 Å². The van der Waals surface area contributed by atoms with E-state index in [1.807, 2.05) is 0 Å². The lowest BCUT2D eigenvalue weighted by atomic mass is 10.1. The van der Waals surface area contributed by atoms with Crippen molar-refractivity contribution in [3.05, 3.63) is 35.4 Å². The zero-order chi connectivity index (χ0) is 12.5. The highest BCUT2D eigenvalue weighted by Gasteiger charge is 2.30. The molecule has 0 bridgehead atoms. The van der Waals surface area contributed by atoms with Gasteiger partial charge >= 0.3 is 6.18 Å². The van der Waals surface area contributed by atoms with Gasteiger partial charge in [0.05, 0.1) is 10.9 Å². The third-order valence-electron chi connectivity index (χ3n) is 2.74. The Morgan fingerprint density at radius 3 is 2.35 bits per heavy atom. The van der Waals surface area contributed by atoms with Crippen LogP contribution >= 0.6 is 11.8 Å². The molecule has 1 N–H and O–H groups in total. The lowest BCUT2D eigenvalue weighted by molar-refractivity contribution is -0.137. The summed E-state index contributed by atoms with van der Waals surface area (Å²) in [6.45, 7) is 3.07. The fraction of sp³-hybridized carbons (Fsp3) is 0.500. The molecule has 1 aromatic carbocycles. The quantitative estimate of drug-likeness (QED) is 0.827. The van der Waals surface area contributed by atoms with E-state index in [2.05, 4.69) is 12.2 Å². The zero-order valence-electron chi connectivity index (χ0n) is 9.42. The minimum Gasteiger partial charge on any atom is -0.301 e. The first-order valence-corrected chi connectivity index (χ1v) is 6.54. The van der Waals surface area contributed by atoms with E-state index in [0.29, 0.717) is 5.92 Å². The Balaban J connectivity index is 2.08. The Hall–Kier alpha value is -0.680. The van der Waals surface area contributed by atoms with Crippen LogP contribution in [0.5, 0.6) is 0 Å². The van der Waals surface area contributed by atoms with Gasteiger partial charge in [-0.05, 0) is 35.9 Å². The van der Waals surface area contributed by atoms with Gasteiger partial charge in [0.15, 0.2) is 0 Å². The first kappa shape index (κ1) is 12.8. The predicted molar refractivity (Wildman–Crippen MR) is 63.8 cm³/mol. The van der Waals surface area contributed by atoms with Gasteiger partial charge in [-0.25, -0.2) is 0 Å². The molecule has 0 saturated carbocycles. The summed E-state index contributed by atoms with van der Waals surface area (Å²) < 4.78 is 37.2. The second-order valence-corrected chi connectivity index (χ2v) is 5.48. The van der Waals surface area contributed by atoms with Crippen molar-refractivity contribution in [3.63, 3.8) is 0 Å². The van der Waals surface area contributed by atoms with Crippen molar-refractivity contribution in [3.8, 4) is 0 Å². The summed E-state index contributed by atoms with van der Waals surface area (Å²) in [4.78, 5) is 0. The second-order valence-electron chi connectivity index (χ2n) is 4.35. The molecule has 0 aliphatic carbocycles. The van der Waals surface area contributed by atoms with Gasteiger partial charge in [-0.1, -0.05) is 19.1 Å². The highest BCUT2D eigenvalue weighted by atomic mass is 32.2. The number of halogens is 3. The van der Waals surface area contributed by atoms with Gasteiger partial charge in [-0.2, -0.15) is 13.2 Å². The number of hydrogen-bond acceptors (Lipinski definition) is 2. The molecule has 1 heterocycles. The summed E-state index contributed by atoms with van der Waals surface area (Å²) in [7, 11) is 0. The van der Waals surface area contributed by atoms with Crippen LogP contribution in [-0.2, 0) is 6.18 Å². The van der Waals surface area contributed by atoms with E-state index in [1.165, 1.54) is 0 Å². The molecule has 0 aromatic heterocycles. The van der Waals surface area contributed by atoms with Crippen molar-refractivity contribution in [2.75, 3.05) is 12.3 Å². The molecule has 94 valence electrons. The molecule has 1 aliphatic rings. The Labute approximate surface area is 103 Å². The van der Waals surface area contributed by atoms with E-state index in [1.54, 1.807) is 23.9 Å². The Morgan fingerprint density at radius 2 is 1.88 bits per heavy atom. The molecule has 1 fully saturated rings. The van der Waals surface area contributed by atoms with Crippen LogP contribution < -0.4 is 5.32 Å². The summed E-state index contributed by atoms with van der Waals surface area (Å²) in [5, 5.41) is 3.44. The van der Waals surface area contributed by atoms with Gasteiger partial charge in [0.1, 0.15) is 0 Å². The van der Waals surface area contributed by atoms with Crippen LogP contribution in [-0.4, -0.2) is 12.3 Å². The van der Waals surface area contributed by atoms with Gasteiger partial charge in [-0.15, -0.1) is 11.8 Å². The van der Waals surface area contributed by atoms with Gasteiger partial charge < -0.3 is 5.32 Å². The summed E-state index contributed by atoms with van der Waals surface area (Å²) in [6, 6.07) is 5.41. The Bertz CT molecular complexity index is 366. The van der Waals surface area contributed by atoms with E-state index < -0.39 is 11.7 Å². The standard InChI is InChI=1S/C12H14F3NS/c1-8-6-16-11(17-7-8)9-2-4-10(5-3-9)12(13,14)15/h2-5,8,11,16H,6-7H2,1H3. The topological polar surface area (TPSA) is 12.0 Å². The number of nitrogens with one attached hydrogen (secondary N) is 1. The summed E-state index contributed by atoms with van der Waals surface area (Å²) >= 11 is 1.75. The fourth-order valence-corrected chi connectivity index (χ4v) is 2.95. The average Bonchev–Trinajstić information content (AvgIpc) is 2.29. The van der Waals surface area contributed by atoms with Crippen LogP contribution in [0.4, 0.5) is 13.2 Å². The molecule has 2 unspecified atom stereocenters. The number of hydrogen-bond donors (Lipinski definition) is 1. The van der Waals surface area contributed by atoms with Crippen LogP contribution in [0.3, 0.4) is 0 Å². The smallest absolute Gasteiger partial charge is 0.301 e. The normalized spacial score (nSPS) is 25.9. The molecule has 1 nitrogen and oxygen atoms in total. The number of benzene rings is 1. The summed E-state index contributed by atoms with van der Waals surface area (Å²) in [5.41, 5.74) is 0.324. The van der Waals surface area contributed by atoms with Gasteiger partial charge in [0, 0.05) is 0 Å². The van der Waals surface area contributed by atoms with Crippen LogP contribution in [0.25, 0.3) is 0 Å². The number of rotatable bonds is 1. The monoisotopic (exact) mass is 261 g/mol. The molecule has 2 rings (SSSR count). The third kappa shape index (κ3) is 3.16. The van der Waals surface area contributed by atoms with Crippen molar-refractivity contribution in [2.45, 2.75) is 18.5 Å². The molecule has 1 aromatic rings. The lowest BCUT2D eigenvalue weighted by Crippen LogP contribution is -2.31. The van der Waals surface area contributed by atoms with E-state index >= 15 is 0 Å².